The van der Waals surface area contributed by atoms with Crippen LogP contribution in [-0.2, 0) is 99.8 Å². The third-order valence-electron chi connectivity index (χ3n) is 19.2. The van der Waals surface area contributed by atoms with Crippen LogP contribution in [0.4, 0.5) is 0 Å². The first-order chi connectivity index (χ1) is 50.9. The summed E-state index contributed by atoms with van der Waals surface area (Å²) in [4.78, 5) is 75.8. The van der Waals surface area contributed by atoms with E-state index >= 15 is 0 Å². The molecule has 8 fully saturated rings. The number of hydrogen-bond donors (Lipinski definition) is 27. The lowest BCUT2D eigenvalue weighted by molar-refractivity contribution is -0.396. The third kappa shape index (κ3) is 20.5. The zero-order valence-electron chi connectivity index (χ0n) is 58.4. The summed E-state index contributed by atoms with van der Waals surface area (Å²) < 4.78 is 89.7. The number of aliphatic hydroxyl groups is 20. The fourth-order valence-corrected chi connectivity index (χ4v) is 13.5. The van der Waals surface area contributed by atoms with Crippen molar-refractivity contribution in [2.24, 2.45) is 5.73 Å². The summed E-state index contributed by atoms with van der Waals surface area (Å²) in [6, 6.07) is -9.12. The van der Waals surface area contributed by atoms with Crippen molar-refractivity contribution in [1.82, 2.24) is 26.6 Å². The number of amides is 5. The highest BCUT2D eigenvalue weighted by molar-refractivity contribution is 5.84. The van der Waals surface area contributed by atoms with E-state index in [-0.39, 0.29) is 0 Å². The van der Waals surface area contributed by atoms with Gasteiger partial charge in [0.2, 0.25) is 29.5 Å². The van der Waals surface area contributed by atoms with Crippen molar-refractivity contribution in [3.8, 4) is 0 Å². The van der Waals surface area contributed by atoms with Gasteiger partial charge in [-0.1, -0.05) is 0 Å². The largest absolute Gasteiger partial charge is 0.480 e. The Morgan fingerprint density at radius 2 is 0.694 bits per heavy atom. The molecule has 108 heavy (non-hydrogen) atoms. The summed E-state index contributed by atoms with van der Waals surface area (Å²) in [7, 11) is 0. The number of carboxylic acid groups (broad SMARTS) is 1. The molecule has 8 saturated heterocycles. The smallest absolute Gasteiger partial charge is 0.321 e. The summed E-state index contributed by atoms with van der Waals surface area (Å²) >= 11 is 0. The van der Waals surface area contributed by atoms with E-state index in [2.05, 4.69) is 26.6 Å². The highest BCUT2D eigenvalue weighted by Gasteiger charge is 2.60. The second-order valence-corrected chi connectivity index (χ2v) is 27.1. The molecule has 0 aliphatic carbocycles. The second kappa shape index (κ2) is 38.9. The summed E-state index contributed by atoms with van der Waals surface area (Å²) in [5, 5.41) is 245. The molecule has 48 heteroatoms. The summed E-state index contributed by atoms with van der Waals surface area (Å²) in [5.74, 6) is -6.32. The van der Waals surface area contributed by atoms with Crippen LogP contribution >= 0.6 is 0 Å². The topological polar surface area (TPSA) is 752 Å². The molecule has 8 rings (SSSR count). The lowest BCUT2D eigenvalue weighted by Gasteiger charge is -2.51. The van der Waals surface area contributed by atoms with E-state index in [0.29, 0.717) is 0 Å². The number of carboxylic acids is 1. The molecule has 0 aromatic carbocycles. The van der Waals surface area contributed by atoms with Crippen LogP contribution in [0.5, 0.6) is 0 Å². The standard InChI is InChI=1S/C60H100N6O42/c1-14-32(77)42(87)45(90)57(96-14)94-13-26-48(40(85)28(62-15(2)72)52(97-26)66-27(76)6-19(61)53(92)93)104-56-31(65-18(5)75)41(86)47(24(11-71)102-56)105-58-46(91)49(106-60-51(44(89)36(81)23(10-70)101-60)108-55-30(64-17(4)74)39(84)34(79)21(8-68)99-55)37(82)25(103-58)12-95-59-50(43(88)35(80)22(9-69)100-59)107-54-29(63-16(3)73)38(83)33(78)20(7-67)98-54/h14,19-26,28-52,54-60,67-71,77-91H,6-13,61H2,1-5H3,(H,62,72)(H,63,73)(H,64,74)(H,65,75)(H,66,76)(H,92,93). The van der Waals surface area contributed by atoms with Crippen LogP contribution in [0.1, 0.15) is 41.0 Å². The molecular formula is C60H100N6O42. The molecule has 0 aromatic heterocycles. The predicted octanol–water partition coefficient (Wildman–Crippen LogP) is -17.9. The number of aliphatic carboxylic acids is 1. The zero-order chi connectivity index (χ0) is 79.9. The molecule has 0 bridgehead atoms. The molecule has 0 radical (unpaired) electrons. The van der Waals surface area contributed by atoms with E-state index in [1.165, 1.54) is 6.92 Å². The minimum Gasteiger partial charge on any atom is -0.480 e. The monoisotopic (exact) mass is 1580 g/mol. The van der Waals surface area contributed by atoms with Gasteiger partial charge in [-0.05, 0) is 6.92 Å². The molecule has 0 spiro atoms. The number of rotatable bonds is 29. The van der Waals surface area contributed by atoms with Crippen LogP contribution in [0.15, 0.2) is 0 Å². The fourth-order valence-electron chi connectivity index (χ4n) is 13.5. The number of nitrogens with one attached hydrogen (secondary N) is 5. The van der Waals surface area contributed by atoms with Gasteiger partial charge in [0.25, 0.3) is 0 Å². The number of hydrogen-bond acceptors (Lipinski definition) is 42. The van der Waals surface area contributed by atoms with E-state index in [4.69, 9.17) is 76.8 Å². The molecule has 8 aliphatic rings. The van der Waals surface area contributed by atoms with Crippen LogP contribution in [0.2, 0.25) is 0 Å². The first-order valence-electron chi connectivity index (χ1n) is 34.3. The average molecular weight is 1580 g/mol. The van der Waals surface area contributed by atoms with E-state index in [1.54, 1.807) is 0 Å². The van der Waals surface area contributed by atoms with Crippen LogP contribution in [-0.4, -0.2) is 440 Å². The Balaban J connectivity index is 1.15. The fraction of sp³-hybridized carbons (Fsp3) is 0.900. The maximum atomic E-state index is 13.3. The highest BCUT2D eigenvalue weighted by atomic mass is 16.8. The molecule has 8 heterocycles. The Bertz CT molecular complexity index is 2930. The van der Waals surface area contributed by atoms with E-state index in [0.717, 1.165) is 27.7 Å². The summed E-state index contributed by atoms with van der Waals surface area (Å²) in [6.07, 6.45) is -74.2. The Hall–Kier alpha value is -4.62. The molecular weight excluding hydrogens is 1480 g/mol. The van der Waals surface area contributed by atoms with Gasteiger partial charge in [-0.25, -0.2) is 0 Å². The van der Waals surface area contributed by atoms with Gasteiger partial charge in [0.15, 0.2) is 50.3 Å². The molecule has 5 amide bonds. The molecule has 8 aliphatic heterocycles. The van der Waals surface area contributed by atoms with Gasteiger partial charge in [0.05, 0.1) is 58.8 Å². The Morgan fingerprint density at radius 3 is 1.17 bits per heavy atom. The number of nitrogens with two attached hydrogens (primary N) is 1. The van der Waals surface area contributed by atoms with Crippen LogP contribution < -0.4 is 32.3 Å². The van der Waals surface area contributed by atoms with Crippen molar-refractivity contribution in [3.05, 3.63) is 0 Å². The van der Waals surface area contributed by atoms with Crippen LogP contribution in [0.25, 0.3) is 0 Å². The molecule has 622 valence electrons. The quantitative estimate of drug-likeness (QED) is 0.0331. The van der Waals surface area contributed by atoms with E-state index < -0.39 is 340 Å². The molecule has 0 saturated carbocycles. The van der Waals surface area contributed by atoms with Crippen molar-refractivity contribution >= 4 is 35.5 Å². The summed E-state index contributed by atoms with van der Waals surface area (Å²) in [5.41, 5.74) is 5.60. The minimum absolute atomic E-state index is 0.838. The van der Waals surface area contributed by atoms with Crippen molar-refractivity contribution in [3.63, 3.8) is 0 Å². The maximum Gasteiger partial charge on any atom is 0.321 e. The molecule has 41 atom stereocenters. The number of aliphatic hydroxyl groups excluding tert-OH is 20. The van der Waals surface area contributed by atoms with E-state index in [9.17, 15) is 136 Å². The summed E-state index contributed by atoms with van der Waals surface area (Å²) in [6.45, 7) is -2.36. The molecule has 0 aromatic rings. The third-order valence-corrected chi connectivity index (χ3v) is 19.2. The van der Waals surface area contributed by atoms with Crippen molar-refractivity contribution in [2.75, 3.05) is 46.2 Å². The second-order valence-electron chi connectivity index (χ2n) is 27.1. The normalized spacial score (nSPS) is 46.2. The first kappa shape index (κ1) is 88.9. The number of carbonyl (C=O) groups is 6. The zero-order valence-corrected chi connectivity index (χ0v) is 58.4. The molecule has 41 unspecified atom stereocenters. The minimum atomic E-state index is -2.55. The van der Waals surface area contributed by atoms with Crippen LogP contribution in [0, 0.1) is 0 Å². The van der Waals surface area contributed by atoms with Gasteiger partial charge in [-0.3, -0.25) is 28.8 Å². The Morgan fingerprint density at radius 1 is 0.333 bits per heavy atom. The number of carbonyl (C=O) groups excluding carboxylic acids is 5. The Kier molecular flexibility index (Phi) is 32.1. The van der Waals surface area contributed by atoms with Crippen molar-refractivity contribution in [2.45, 2.75) is 292 Å². The maximum absolute atomic E-state index is 13.3. The van der Waals surface area contributed by atoms with Crippen molar-refractivity contribution in [1.29, 1.82) is 0 Å². The van der Waals surface area contributed by atoms with E-state index in [1.807, 2.05) is 0 Å². The Labute approximate surface area is 612 Å². The predicted molar refractivity (Wildman–Crippen MR) is 336 cm³/mol. The van der Waals surface area contributed by atoms with Crippen LogP contribution in [0.3, 0.4) is 0 Å². The van der Waals surface area contributed by atoms with Gasteiger partial charge in [-0.2, -0.15) is 0 Å². The van der Waals surface area contributed by atoms with Gasteiger partial charge < -0.3 is 211 Å². The lowest BCUT2D eigenvalue weighted by atomic mass is 9.93. The molecule has 28 N–H and O–H groups in total. The highest BCUT2D eigenvalue weighted by Crippen LogP contribution is 2.39. The van der Waals surface area contributed by atoms with Crippen molar-refractivity contribution < 1.29 is 207 Å². The van der Waals surface area contributed by atoms with Gasteiger partial charge in [0.1, 0.15) is 195 Å². The van der Waals surface area contributed by atoms with Gasteiger partial charge in [0, 0.05) is 27.7 Å². The lowest BCUT2D eigenvalue weighted by Crippen LogP contribution is -2.72. The average Bonchev–Trinajstić information content (AvgIpc) is 0.510. The SMILES string of the molecule is CC(=O)NC1C(NC(=O)CC(N)C(=O)O)OC(COC2OC(C)C(O)C(O)C2O)C(OC2OC(CO)C(OC3OC(COC4OC(CO)C(O)C(O)C4OC4OC(CO)C(O)C(O)C4NC(C)=O)C(O)C(OC4OC(CO)C(O)C(O)C4OC4OC(CO)C(O)C(O)C4NC(C)=O)C3O)C(O)C2NC(C)=O)C1O. The molecule has 48 nitrogen and oxygen atoms in total. The first-order valence-corrected chi connectivity index (χ1v) is 34.3. The number of ether oxygens (including phenoxy) is 15. The van der Waals surface area contributed by atoms with Gasteiger partial charge >= 0.3 is 5.97 Å². The van der Waals surface area contributed by atoms with Gasteiger partial charge in [-0.15, -0.1) is 0 Å².